The van der Waals surface area contributed by atoms with Crippen molar-refractivity contribution in [3.8, 4) is 5.75 Å². The number of nitrogens with one attached hydrogen (secondary N) is 1. The average molecular weight is 434 g/mol. The third kappa shape index (κ3) is 5.88. The van der Waals surface area contributed by atoms with Gasteiger partial charge in [-0.1, -0.05) is 12.1 Å². The standard InChI is InChI=1S/C19H16F6N2O3/c1-30-14-4-2-3-10(5-14)6-15(16(26)28)27-17(29)11-7-12(18(20,21)22)9-13(8-11)19(23,24)25/h2-5,7-9,15H,6H2,1H3,(H2,26,28)(H,27,29)/t15-/m0/s1. The number of hydrogen-bond donors (Lipinski definition) is 2. The zero-order chi connectivity index (χ0) is 22.7. The number of amides is 2. The molecule has 0 bridgehead atoms. The van der Waals surface area contributed by atoms with E-state index in [9.17, 15) is 35.9 Å². The molecule has 0 aliphatic heterocycles. The van der Waals surface area contributed by atoms with Crippen LogP contribution in [0, 0.1) is 0 Å². The Morgan fingerprint density at radius 2 is 1.57 bits per heavy atom. The zero-order valence-electron chi connectivity index (χ0n) is 15.4. The molecule has 2 amide bonds. The second kappa shape index (κ2) is 8.64. The van der Waals surface area contributed by atoms with Crippen LogP contribution in [0.5, 0.6) is 5.75 Å². The number of carbonyl (C=O) groups is 2. The van der Waals surface area contributed by atoms with Crippen LogP contribution < -0.4 is 15.8 Å². The van der Waals surface area contributed by atoms with E-state index in [2.05, 4.69) is 5.32 Å². The fraction of sp³-hybridized carbons (Fsp3) is 0.263. The first-order chi connectivity index (χ1) is 13.8. The summed E-state index contributed by atoms with van der Waals surface area (Å²) in [6.45, 7) is 0. The lowest BCUT2D eigenvalue weighted by atomic mass is 10.0. The van der Waals surface area contributed by atoms with Crippen LogP contribution in [0.15, 0.2) is 42.5 Å². The fourth-order valence-corrected chi connectivity index (χ4v) is 2.59. The Labute approximate surface area is 166 Å². The van der Waals surface area contributed by atoms with Gasteiger partial charge in [0.1, 0.15) is 11.8 Å². The van der Waals surface area contributed by atoms with E-state index in [1.807, 2.05) is 0 Å². The van der Waals surface area contributed by atoms with Crippen molar-refractivity contribution in [3.63, 3.8) is 0 Å². The third-order valence-corrected chi connectivity index (χ3v) is 4.07. The number of rotatable bonds is 6. The number of nitrogens with two attached hydrogens (primary N) is 1. The lowest BCUT2D eigenvalue weighted by molar-refractivity contribution is -0.143. The summed E-state index contributed by atoms with van der Waals surface area (Å²) in [5.41, 5.74) is 1.53. The second-order valence-corrected chi connectivity index (χ2v) is 6.28. The molecule has 11 heteroatoms. The number of primary amides is 1. The third-order valence-electron chi connectivity index (χ3n) is 4.07. The van der Waals surface area contributed by atoms with Gasteiger partial charge in [-0.2, -0.15) is 26.3 Å². The van der Waals surface area contributed by atoms with E-state index in [0.717, 1.165) is 0 Å². The Balaban J connectivity index is 2.34. The van der Waals surface area contributed by atoms with Gasteiger partial charge in [0, 0.05) is 12.0 Å². The van der Waals surface area contributed by atoms with Crippen molar-refractivity contribution in [1.29, 1.82) is 0 Å². The van der Waals surface area contributed by atoms with Gasteiger partial charge in [0.05, 0.1) is 18.2 Å². The van der Waals surface area contributed by atoms with Crippen LogP contribution >= 0.6 is 0 Å². The number of methoxy groups -OCH3 is 1. The van der Waals surface area contributed by atoms with Crippen molar-refractivity contribution in [3.05, 3.63) is 64.7 Å². The molecule has 0 aromatic heterocycles. The minimum atomic E-state index is -5.11. The van der Waals surface area contributed by atoms with Crippen LogP contribution in [0.25, 0.3) is 0 Å². The van der Waals surface area contributed by atoms with Crippen molar-refractivity contribution in [2.75, 3.05) is 7.11 Å². The van der Waals surface area contributed by atoms with Gasteiger partial charge in [0.2, 0.25) is 5.91 Å². The molecule has 0 heterocycles. The molecular formula is C19H16F6N2O3. The maximum Gasteiger partial charge on any atom is 0.416 e. The molecule has 0 aliphatic carbocycles. The fourth-order valence-electron chi connectivity index (χ4n) is 2.59. The van der Waals surface area contributed by atoms with Crippen molar-refractivity contribution < 1.29 is 40.7 Å². The first-order valence-corrected chi connectivity index (χ1v) is 8.34. The smallest absolute Gasteiger partial charge is 0.416 e. The Bertz CT molecular complexity index is 908. The molecule has 2 rings (SSSR count). The van der Waals surface area contributed by atoms with Crippen LogP contribution in [0.1, 0.15) is 27.0 Å². The number of carbonyl (C=O) groups excluding carboxylic acids is 2. The van der Waals surface area contributed by atoms with Crippen LogP contribution in [0.3, 0.4) is 0 Å². The lowest BCUT2D eigenvalue weighted by Crippen LogP contribution is -2.46. The highest BCUT2D eigenvalue weighted by atomic mass is 19.4. The summed E-state index contributed by atoms with van der Waals surface area (Å²) in [6, 6.07) is 5.39. The summed E-state index contributed by atoms with van der Waals surface area (Å²) in [5.74, 6) is -1.89. The van der Waals surface area contributed by atoms with Crippen LogP contribution in [-0.4, -0.2) is 25.0 Å². The zero-order valence-corrected chi connectivity index (χ0v) is 15.4. The maximum atomic E-state index is 13.0. The molecule has 5 nitrogen and oxygen atoms in total. The summed E-state index contributed by atoms with van der Waals surface area (Å²) in [7, 11) is 1.40. The van der Waals surface area contributed by atoms with E-state index in [-0.39, 0.29) is 24.6 Å². The van der Waals surface area contributed by atoms with Crippen molar-refractivity contribution >= 4 is 11.8 Å². The topological polar surface area (TPSA) is 81.4 Å². The molecule has 2 aromatic rings. The van der Waals surface area contributed by atoms with Gasteiger partial charge >= 0.3 is 12.4 Å². The van der Waals surface area contributed by atoms with Gasteiger partial charge in [-0.25, -0.2) is 0 Å². The Hall–Kier alpha value is -3.24. The number of alkyl halides is 6. The molecular weight excluding hydrogens is 418 g/mol. The van der Waals surface area contributed by atoms with E-state index in [0.29, 0.717) is 11.3 Å². The van der Waals surface area contributed by atoms with Gasteiger partial charge in [0.25, 0.3) is 5.91 Å². The minimum absolute atomic E-state index is 0.0986. The van der Waals surface area contributed by atoms with Gasteiger partial charge in [-0.05, 0) is 35.9 Å². The molecule has 0 spiro atoms. The Kier molecular flexibility index (Phi) is 6.63. The van der Waals surface area contributed by atoms with Crippen molar-refractivity contribution in [1.82, 2.24) is 5.32 Å². The molecule has 0 aliphatic rings. The number of benzene rings is 2. The number of hydrogen-bond acceptors (Lipinski definition) is 3. The highest BCUT2D eigenvalue weighted by Crippen LogP contribution is 2.36. The Morgan fingerprint density at radius 3 is 2.03 bits per heavy atom. The van der Waals surface area contributed by atoms with E-state index < -0.39 is 46.9 Å². The predicted octanol–water partition coefficient (Wildman–Crippen LogP) is 3.56. The van der Waals surface area contributed by atoms with Gasteiger partial charge in [-0.15, -0.1) is 0 Å². The molecule has 0 fully saturated rings. The SMILES string of the molecule is COc1cccc(C[C@H](NC(=O)c2cc(C(F)(F)F)cc(C(F)(F)F)c2)C(N)=O)c1. The molecule has 2 aromatic carbocycles. The second-order valence-electron chi connectivity index (χ2n) is 6.28. The first kappa shape index (κ1) is 23.0. The maximum absolute atomic E-state index is 13.0. The summed E-state index contributed by atoms with van der Waals surface area (Å²) >= 11 is 0. The molecule has 0 saturated carbocycles. The summed E-state index contributed by atoms with van der Waals surface area (Å²) in [4.78, 5) is 24.0. The number of halogens is 6. The van der Waals surface area contributed by atoms with Gasteiger partial charge in [-0.3, -0.25) is 9.59 Å². The van der Waals surface area contributed by atoms with E-state index in [1.54, 1.807) is 18.2 Å². The molecule has 1 atom stereocenters. The molecule has 3 N–H and O–H groups in total. The molecule has 30 heavy (non-hydrogen) atoms. The molecule has 162 valence electrons. The monoisotopic (exact) mass is 434 g/mol. The normalized spacial score (nSPS) is 12.9. The number of ether oxygens (including phenoxy) is 1. The highest BCUT2D eigenvalue weighted by Gasteiger charge is 2.37. The largest absolute Gasteiger partial charge is 0.497 e. The van der Waals surface area contributed by atoms with E-state index >= 15 is 0 Å². The van der Waals surface area contributed by atoms with Crippen LogP contribution in [-0.2, 0) is 23.6 Å². The summed E-state index contributed by atoms with van der Waals surface area (Å²) in [6.07, 6.45) is -10.4. The summed E-state index contributed by atoms with van der Waals surface area (Å²) in [5, 5.41) is 2.09. The predicted molar refractivity (Wildman–Crippen MR) is 93.6 cm³/mol. The molecule has 0 saturated heterocycles. The van der Waals surface area contributed by atoms with Crippen molar-refractivity contribution in [2.24, 2.45) is 5.73 Å². The highest BCUT2D eigenvalue weighted by molar-refractivity contribution is 5.97. The quantitative estimate of drug-likeness (QED) is 0.683. The molecule has 0 radical (unpaired) electrons. The first-order valence-electron chi connectivity index (χ1n) is 8.34. The minimum Gasteiger partial charge on any atom is -0.497 e. The van der Waals surface area contributed by atoms with Gasteiger partial charge < -0.3 is 15.8 Å². The Morgan fingerprint density at radius 1 is 1.00 bits per heavy atom. The van der Waals surface area contributed by atoms with Gasteiger partial charge in [0.15, 0.2) is 0 Å². The van der Waals surface area contributed by atoms with E-state index in [1.165, 1.54) is 13.2 Å². The lowest BCUT2D eigenvalue weighted by Gasteiger charge is -2.18. The molecule has 0 unspecified atom stereocenters. The van der Waals surface area contributed by atoms with E-state index in [4.69, 9.17) is 10.5 Å². The van der Waals surface area contributed by atoms with Crippen LogP contribution in [0.4, 0.5) is 26.3 Å². The summed E-state index contributed by atoms with van der Waals surface area (Å²) < 4.78 is 82.8. The van der Waals surface area contributed by atoms with Crippen molar-refractivity contribution in [2.45, 2.75) is 24.8 Å². The average Bonchev–Trinajstić information content (AvgIpc) is 2.65. The van der Waals surface area contributed by atoms with Crippen LogP contribution in [0.2, 0.25) is 0 Å².